The van der Waals surface area contributed by atoms with Crippen LogP contribution in [0.3, 0.4) is 0 Å². The van der Waals surface area contributed by atoms with E-state index in [-0.39, 0.29) is 29.2 Å². The summed E-state index contributed by atoms with van der Waals surface area (Å²) in [6, 6.07) is 7.45. The van der Waals surface area contributed by atoms with Crippen molar-refractivity contribution in [3.05, 3.63) is 66.3 Å². The average Bonchev–Trinajstić information content (AvgIpc) is 2.97. The highest BCUT2D eigenvalue weighted by Gasteiger charge is 2.13. The minimum atomic E-state index is -2.36. The van der Waals surface area contributed by atoms with E-state index in [1.165, 1.54) is 6.07 Å². The molecular weight excluding hydrogens is 248 g/mol. The molecule has 20 heavy (non-hydrogen) atoms. The first kappa shape index (κ1) is 7.20. The largest absolute Gasteiger partial charge is 0.437 e. The lowest BCUT2D eigenvalue weighted by Crippen LogP contribution is -1.94. The number of rotatable bonds is 3. The van der Waals surface area contributed by atoms with Crippen LogP contribution >= 0.6 is 0 Å². The van der Waals surface area contributed by atoms with Crippen LogP contribution < -0.4 is 0 Å². The lowest BCUT2D eigenvalue weighted by molar-refractivity contribution is 0.652. The summed E-state index contributed by atoms with van der Waals surface area (Å²) in [6.07, 6.45) is 1.11. The summed E-state index contributed by atoms with van der Waals surface area (Å²) in [5, 5.41) is 9.46. The zero-order valence-corrected chi connectivity index (χ0v) is 10.4. The molecule has 0 atom stereocenters. The Morgan fingerprint density at radius 3 is 3.25 bits per heavy atom. The number of hydrogen-bond donors (Lipinski definition) is 1. The monoisotopic (exact) mass is 268 g/mol. The minimum absolute atomic E-state index is 0.0872. The van der Waals surface area contributed by atoms with Crippen molar-refractivity contribution >= 4 is 27.8 Å². The van der Waals surface area contributed by atoms with Crippen molar-refractivity contribution in [2.45, 2.75) is 6.85 Å². The van der Waals surface area contributed by atoms with Gasteiger partial charge in [0.2, 0.25) is 5.71 Å². The zero-order chi connectivity index (χ0) is 19.1. The van der Waals surface area contributed by atoms with Crippen LogP contribution in [0.2, 0.25) is 0 Å². The molecule has 3 heteroatoms. The van der Waals surface area contributed by atoms with Crippen molar-refractivity contribution in [2.24, 2.45) is 0 Å². The third kappa shape index (κ3) is 1.93. The van der Waals surface area contributed by atoms with Gasteiger partial charge in [-0.15, -0.1) is 0 Å². The van der Waals surface area contributed by atoms with E-state index in [0.29, 0.717) is 21.9 Å². The maximum atomic E-state index is 8.21. The molecule has 0 aliphatic heterocycles. The third-order valence-electron chi connectivity index (χ3n) is 2.91. The zero-order valence-electron chi connectivity index (χ0n) is 16.4. The molecule has 0 aliphatic rings. The van der Waals surface area contributed by atoms with Crippen molar-refractivity contribution in [1.29, 1.82) is 5.41 Å². The van der Waals surface area contributed by atoms with Gasteiger partial charge in [0.25, 0.3) is 0 Å². The van der Waals surface area contributed by atoms with Crippen LogP contribution in [0, 0.1) is 12.3 Å². The van der Waals surface area contributed by atoms with E-state index in [0.717, 1.165) is 12.6 Å². The molecule has 3 rings (SSSR count). The molecule has 1 aromatic carbocycles. The Bertz CT molecular complexity index is 1080. The number of nitrogens with zero attached hydrogens (tertiary/aromatic N) is 1. The summed E-state index contributed by atoms with van der Waals surface area (Å²) in [4.78, 5) is 4.06. The Kier molecular flexibility index (Phi) is 1.72. The van der Waals surface area contributed by atoms with E-state index in [9.17, 15) is 0 Å². The minimum Gasteiger partial charge on any atom is -0.437 e. The van der Waals surface area contributed by atoms with Crippen LogP contribution in [-0.2, 0) is 0 Å². The van der Waals surface area contributed by atoms with Gasteiger partial charge in [0.05, 0.1) is 9.82 Å². The maximum Gasteiger partial charge on any atom is 0.227 e. The summed E-state index contributed by atoms with van der Waals surface area (Å²) in [6.45, 7) is -1.48. The molecule has 0 unspecified atom stereocenters. The van der Waals surface area contributed by atoms with E-state index in [2.05, 4.69) is 4.98 Å². The Morgan fingerprint density at radius 1 is 1.45 bits per heavy atom. The third-order valence-corrected chi connectivity index (χ3v) is 2.91. The van der Waals surface area contributed by atoms with E-state index in [1.54, 1.807) is 24.3 Å². The van der Waals surface area contributed by atoms with Crippen LogP contribution in [-0.4, -0.2) is 10.7 Å². The number of aryl methyl sites for hydroxylation is 1. The molecule has 0 radical (unpaired) electrons. The molecular formula is C17H14N2O. The van der Waals surface area contributed by atoms with Crippen LogP contribution in [0.1, 0.15) is 19.5 Å². The van der Waals surface area contributed by atoms with Gasteiger partial charge in [-0.2, -0.15) is 0 Å². The first-order valence-electron chi connectivity index (χ1n) is 8.96. The second-order valence-corrected chi connectivity index (χ2v) is 4.14. The number of furan rings is 1. The Labute approximate surface area is 125 Å². The summed E-state index contributed by atoms with van der Waals surface area (Å²) in [5.41, 5.74) is 0.422. The van der Waals surface area contributed by atoms with E-state index in [4.69, 9.17) is 18.1 Å². The quantitative estimate of drug-likeness (QED) is 0.565. The summed E-state index contributed by atoms with van der Waals surface area (Å²) in [7, 11) is 0. The number of hydrogen-bond acceptors (Lipinski definition) is 3. The molecule has 98 valence electrons. The lowest BCUT2D eigenvalue weighted by atomic mass is 10.1. The van der Waals surface area contributed by atoms with Gasteiger partial charge in [0.1, 0.15) is 5.58 Å². The number of benzene rings is 1. The van der Waals surface area contributed by atoms with Crippen molar-refractivity contribution in [3.63, 3.8) is 0 Å². The highest BCUT2D eigenvalue weighted by Crippen LogP contribution is 2.30. The van der Waals surface area contributed by atoms with Gasteiger partial charge in [0.15, 0.2) is 0 Å². The second kappa shape index (κ2) is 4.78. The molecule has 0 aliphatic carbocycles. The molecule has 0 saturated carbocycles. The van der Waals surface area contributed by atoms with Crippen LogP contribution in [0.5, 0.6) is 0 Å². The highest BCUT2D eigenvalue weighted by atomic mass is 16.3. The molecule has 0 amide bonds. The van der Waals surface area contributed by atoms with Crippen LogP contribution in [0.15, 0.2) is 59.5 Å². The Morgan fingerprint density at radius 2 is 2.40 bits per heavy atom. The molecule has 0 bridgehead atoms. The molecule has 2 aromatic heterocycles. The highest BCUT2D eigenvalue weighted by molar-refractivity contribution is 6.17. The molecule has 0 fully saturated rings. The number of allylic oxidation sites excluding steroid dienone is 3. The molecule has 0 spiro atoms. The van der Waals surface area contributed by atoms with E-state index in [1.807, 2.05) is 0 Å². The van der Waals surface area contributed by atoms with Crippen molar-refractivity contribution in [1.82, 2.24) is 4.98 Å². The Hall–Kier alpha value is -2.68. The van der Waals surface area contributed by atoms with Gasteiger partial charge in [0, 0.05) is 26.1 Å². The van der Waals surface area contributed by atoms with Gasteiger partial charge in [-0.05, 0) is 31.1 Å². The van der Waals surface area contributed by atoms with Crippen LogP contribution in [0.4, 0.5) is 0 Å². The first-order valence-corrected chi connectivity index (χ1v) is 5.88. The number of aromatic nitrogens is 1. The fourth-order valence-corrected chi connectivity index (χ4v) is 2.06. The predicted molar refractivity (Wildman–Crippen MR) is 82.4 cm³/mol. The van der Waals surface area contributed by atoms with Gasteiger partial charge >= 0.3 is 0 Å². The molecule has 3 nitrogen and oxygen atoms in total. The average molecular weight is 268 g/mol. The maximum absolute atomic E-state index is 8.21. The van der Waals surface area contributed by atoms with Gasteiger partial charge in [-0.25, -0.2) is 4.98 Å². The standard InChI is InChI=1S/C17H14N2O/c1-3-4-8-15(18)14-7-5-6-12-13-10-9-11(2)19-17(13)20-16(12)14/h3-10,18H,1H2,2H3/b8-4-,18-15?/i1D,2D3,4D,8D/b3-1?,8-4-,18-15?. The van der Waals surface area contributed by atoms with Gasteiger partial charge < -0.3 is 9.83 Å². The van der Waals surface area contributed by atoms with E-state index >= 15 is 0 Å². The smallest absolute Gasteiger partial charge is 0.227 e. The van der Waals surface area contributed by atoms with Crippen molar-refractivity contribution < 1.29 is 12.6 Å². The van der Waals surface area contributed by atoms with Crippen molar-refractivity contribution in [3.8, 4) is 0 Å². The molecule has 1 N–H and O–H groups in total. The fraction of sp³-hybridized carbons (Fsp3) is 0.0588. The summed E-state index contributed by atoms with van der Waals surface area (Å²) < 4.78 is 50.7. The topological polar surface area (TPSA) is 49.9 Å². The van der Waals surface area contributed by atoms with Crippen LogP contribution in [0.25, 0.3) is 22.1 Å². The second-order valence-electron chi connectivity index (χ2n) is 4.14. The summed E-state index contributed by atoms with van der Waals surface area (Å²) in [5.74, 6) is 0. The van der Waals surface area contributed by atoms with Gasteiger partial charge in [-0.1, -0.05) is 30.8 Å². The van der Waals surface area contributed by atoms with E-state index < -0.39 is 6.85 Å². The fourth-order valence-electron chi connectivity index (χ4n) is 2.06. The number of fused-ring (bicyclic) bond motifs is 3. The van der Waals surface area contributed by atoms with Crippen molar-refractivity contribution in [2.75, 3.05) is 0 Å². The first-order chi connectivity index (χ1) is 12.2. The Balaban J connectivity index is 2.22. The number of pyridine rings is 1. The predicted octanol–water partition coefficient (Wildman–Crippen LogP) is 4.40. The lowest BCUT2D eigenvalue weighted by Gasteiger charge is -1.99. The normalized spacial score (nSPS) is 18.0. The summed E-state index contributed by atoms with van der Waals surface area (Å²) >= 11 is 0. The molecule has 2 heterocycles. The molecule has 0 saturated heterocycles. The number of nitrogens with one attached hydrogen (secondary N) is 1. The van der Waals surface area contributed by atoms with Gasteiger partial charge in [-0.3, -0.25) is 0 Å². The SMILES string of the molecule is [2H]C=C/C([2H])=C(/[2H])C(=N)c1cccc2c1oc1nc(C([2H])([2H])[2H])ccc12. The number of para-hydroxylation sites is 1. The molecule has 3 aromatic rings.